The third-order valence-electron chi connectivity index (χ3n) is 5.25. The van der Waals surface area contributed by atoms with Crippen LogP contribution in [0.15, 0.2) is 41.3 Å². The van der Waals surface area contributed by atoms with Gasteiger partial charge in [0.15, 0.2) is 9.84 Å². The standard InChI is InChI=1S/C23H29FN2O6S/c1-4-31-21-15-20(26-10-12-30-13-11-26)22(32-5-2)14-19(21)25-23(27)16(3)33(28,29)18-8-6-17(24)7-9-18/h6-9,14-16H,4-5,10-13H2,1-3H3,(H,25,27). The summed E-state index contributed by atoms with van der Waals surface area (Å²) >= 11 is 0. The third-order valence-corrected chi connectivity index (χ3v) is 7.32. The average molecular weight is 481 g/mol. The van der Waals surface area contributed by atoms with E-state index in [1.165, 1.54) is 6.92 Å². The molecule has 180 valence electrons. The average Bonchev–Trinajstić information content (AvgIpc) is 2.81. The Morgan fingerprint density at radius 2 is 1.70 bits per heavy atom. The van der Waals surface area contributed by atoms with Crippen molar-refractivity contribution >= 4 is 27.1 Å². The summed E-state index contributed by atoms with van der Waals surface area (Å²) in [6, 6.07) is 7.81. The van der Waals surface area contributed by atoms with E-state index in [2.05, 4.69) is 10.2 Å². The van der Waals surface area contributed by atoms with Crippen LogP contribution in [0, 0.1) is 5.82 Å². The van der Waals surface area contributed by atoms with E-state index in [-0.39, 0.29) is 4.90 Å². The van der Waals surface area contributed by atoms with Gasteiger partial charge in [0.1, 0.15) is 22.6 Å². The first-order valence-corrected chi connectivity index (χ1v) is 12.4. The summed E-state index contributed by atoms with van der Waals surface area (Å²) in [7, 11) is -4.02. The van der Waals surface area contributed by atoms with Gasteiger partial charge in [-0.3, -0.25) is 4.79 Å². The fourth-order valence-electron chi connectivity index (χ4n) is 3.45. The molecular weight excluding hydrogens is 451 g/mol. The highest BCUT2D eigenvalue weighted by Gasteiger charge is 2.31. The van der Waals surface area contributed by atoms with E-state index in [1.807, 2.05) is 13.8 Å². The molecule has 1 atom stereocenters. The lowest BCUT2D eigenvalue weighted by atomic mass is 10.2. The normalized spacial score (nSPS) is 15.1. The van der Waals surface area contributed by atoms with Gasteiger partial charge in [0.25, 0.3) is 0 Å². The fraction of sp³-hybridized carbons (Fsp3) is 0.435. The Bertz CT molecular complexity index is 1070. The largest absolute Gasteiger partial charge is 0.492 e. The molecule has 0 spiro atoms. The Labute approximate surface area is 193 Å². The van der Waals surface area contributed by atoms with Gasteiger partial charge in [0.2, 0.25) is 5.91 Å². The molecule has 0 saturated carbocycles. The van der Waals surface area contributed by atoms with E-state index in [0.717, 1.165) is 30.0 Å². The maximum Gasteiger partial charge on any atom is 0.242 e. The zero-order chi connectivity index (χ0) is 24.0. The quantitative estimate of drug-likeness (QED) is 0.551. The first kappa shape index (κ1) is 24.8. The molecular formula is C23H29FN2O6S. The van der Waals surface area contributed by atoms with Crippen molar-refractivity contribution in [2.45, 2.75) is 30.9 Å². The van der Waals surface area contributed by atoms with E-state index >= 15 is 0 Å². The monoisotopic (exact) mass is 480 g/mol. The summed E-state index contributed by atoms with van der Waals surface area (Å²) in [5, 5.41) is 1.26. The maximum atomic E-state index is 13.2. The zero-order valence-corrected chi connectivity index (χ0v) is 19.8. The third kappa shape index (κ3) is 5.75. The number of nitrogens with zero attached hydrogens (tertiary/aromatic N) is 1. The zero-order valence-electron chi connectivity index (χ0n) is 19.0. The Morgan fingerprint density at radius 1 is 1.09 bits per heavy atom. The van der Waals surface area contributed by atoms with Gasteiger partial charge in [-0.2, -0.15) is 0 Å². The summed E-state index contributed by atoms with van der Waals surface area (Å²) in [6.45, 7) is 8.28. The van der Waals surface area contributed by atoms with Crippen LogP contribution < -0.4 is 19.7 Å². The Kier molecular flexibility index (Phi) is 8.15. The molecule has 0 aliphatic carbocycles. The SMILES string of the molecule is CCOc1cc(N2CCOCC2)c(OCC)cc1NC(=O)C(C)S(=O)(=O)c1ccc(F)cc1. The predicted octanol–water partition coefficient (Wildman–Crippen LogP) is 3.26. The highest BCUT2D eigenvalue weighted by molar-refractivity contribution is 7.92. The number of nitrogens with one attached hydrogen (secondary N) is 1. The van der Waals surface area contributed by atoms with Crippen molar-refractivity contribution in [3.05, 3.63) is 42.2 Å². The number of halogens is 1. The van der Waals surface area contributed by atoms with Crippen molar-refractivity contribution < 1.29 is 31.8 Å². The van der Waals surface area contributed by atoms with Gasteiger partial charge in [0, 0.05) is 25.2 Å². The first-order valence-electron chi connectivity index (χ1n) is 10.8. The second-order valence-corrected chi connectivity index (χ2v) is 9.68. The van der Waals surface area contributed by atoms with Gasteiger partial charge >= 0.3 is 0 Å². The van der Waals surface area contributed by atoms with Crippen molar-refractivity contribution in [1.82, 2.24) is 0 Å². The summed E-state index contributed by atoms with van der Waals surface area (Å²) in [5.41, 5.74) is 1.12. The van der Waals surface area contributed by atoms with Crippen LogP contribution in [0.2, 0.25) is 0 Å². The number of hydrogen-bond donors (Lipinski definition) is 1. The number of morpholine rings is 1. The Hall–Kier alpha value is -2.85. The summed E-state index contributed by atoms with van der Waals surface area (Å²) in [5.74, 6) is -0.340. The number of ether oxygens (including phenoxy) is 3. The van der Waals surface area contributed by atoms with Gasteiger partial charge < -0.3 is 24.4 Å². The molecule has 1 amide bonds. The maximum absolute atomic E-state index is 13.2. The van der Waals surface area contributed by atoms with Crippen molar-refractivity contribution in [3.8, 4) is 11.5 Å². The number of benzene rings is 2. The van der Waals surface area contributed by atoms with E-state index in [1.54, 1.807) is 12.1 Å². The smallest absolute Gasteiger partial charge is 0.242 e. The molecule has 8 nitrogen and oxygen atoms in total. The molecule has 1 fully saturated rings. The molecule has 2 aromatic rings. The van der Waals surface area contributed by atoms with E-state index in [9.17, 15) is 17.6 Å². The van der Waals surface area contributed by atoms with Crippen molar-refractivity contribution in [2.75, 3.05) is 49.7 Å². The second-order valence-electron chi connectivity index (χ2n) is 7.41. The number of amides is 1. The molecule has 1 aliphatic heterocycles. The lowest BCUT2D eigenvalue weighted by molar-refractivity contribution is -0.115. The van der Waals surface area contributed by atoms with E-state index in [4.69, 9.17) is 14.2 Å². The van der Waals surface area contributed by atoms with Crippen molar-refractivity contribution in [2.24, 2.45) is 0 Å². The lowest BCUT2D eigenvalue weighted by Gasteiger charge is -2.31. The van der Waals surface area contributed by atoms with Crippen molar-refractivity contribution in [3.63, 3.8) is 0 Å². The molecule has 1 heterocycles. The van der Waals surface area contributed by atoms with E-state index < -0.39 is 26.8 Å². The van der Waals surface area contributed by atoms with Crippen LogP contribution in [0.4, 0.5) is 15.8 Å². The van der Waals surface area contributed by atoms with Gasteiger partial charge in [-0.1, -0.05) is 0 Å². The van der Waals surface area contributed by atoms with Crippen LogP contribution in [0.3, 0.4) is 0 Å². The van der Waals surface area contributed by atoms with Crippen LogP contribution in [0.5, 0.6) is 11.5 Å². The Morgan fingerprint density at radius 3 is 2.30 bits per heavy atom. The summed E-state index contributed by atoms with van der Waals surface area (Å²) < 4.78 is 55.9. The molecule has 1 N–H and O–H groups in total. The minimum atomic E-state index is -4.02. The molecule has 0 aromatic heterocycles. The lowest BCUT2D eigenvalue weighted by Crippen LogP contribution is -2.36. The molecule has 0 bridgehead atoms. The second kappa shape index (κ2) is 10.8. The molecule has 3 rings (SSSR count). The minimum absolute atomic E-state index is 0.130. The number of sulfone groups is 1. The highest BCUT2D eigenvalue weighted by Crippen LogP contribution is 2.39. The number of hydrogen-bond acceptors (Lipinski definition) is 7. The number of carbonyl (C=O) groups is 1. The molecule has 1 aliphatic rings. The van der Waals surface area contributed by atoms with Crippen molar-refractivity contribution in [1.29, 1.82) is 0 Å². The summed E-state index contributed by atoms with van der Waals surface area (Å²) in [4.78, 5) is 14.9. The number of carbonyl (C=O) groups excluding carboxylic acids is 1. The molecule has 0 radical (unpaired) electrons. The van der Waals surface area contributed by atoms with Crippen LogP contribution in [-0.4, -0.2) is 59.1 Å². The topological polar surface area (TPSA) is 94.2 Å². The first-order chi connectivity index (χ1) is 15.8. The molecule has 2 aromatic carbocycles. The molecule has 10 heteroatoms. The molecule has 1 unspecified atom stereocenters. The Balaban J connectivity index is 1.91. The van der Waals surface area contributed by atoms with Gasteiger partial charge in [-0.05, 0) is 45.0 Å². The number of anilines is 2. The predicted molar refractivity (Wildman–Crippen MR) is 123 cm³/mol. The van der Waals surface area contributed by atoms with Gasteiger partial charge in [0.05, 0.1) is 42.7 Å². The molecule has 1 saturated heterocycles. The molecule has 33 heavy (non-hydrogen) atoms. The minimum Gasteiger partial charge on any atom is -0.492 e. The van der Waals surface area contributed by atoms with Crippen LogP contribution in [0.25, 0.3) is 0 Å². The van der Waals surface area contributed by atoms with E-state index in [0.29, 0.717) is 56.7 Å². The van der Waals surface area contributed by atoms with Gasteiger partial charge in [-0.25, -0.2) is 12.8 Å². The summed E-state index contributed by atoms with van der Waals surface area (Å²) in [6.07, 6.45) is 0. The fourth-order valence-corrected chi connectivity index (χ4v) is 4.71. The van der Waals surface area contributed by atoms with Crippen LogP contribution >= 0.6 is 0 Å². The number of rotatable bonds is 9. The highest BCUT2D eigenvalue weighted by atomic mass is 32.2. The van der Waals surface area contributed by atoms with Crippen LogP contribution in [0.1, 0.15) is 20.8 Å². The van der Waals surface area contributed by atoms with Gasteiger partial charge in [-0.15, -0.1) is 0 Å². The van der Waals surface area contributed by atoms with Crippen LogP contribution in [-0.2, 0) is 19.4 Å².